The Morgan fingerprint density at radius 1 is 1.15 bits per heavy atom. The van der Waals surface area contributed by atoms with E-state index in [-0.39, 0.29) is 30.1 Å². The monoisotopic (exact) mass is 475 g/mol. The van der Waals surface area contributed by atoms with E-state index in [9.17, 15) is 22.8 Å². The maximum atomic E-state index is 12.6. The lowest BCUT2D eigenvalue weighted by atomic mass is 10.1. The van der Waals surface area contributed by atoms with Crippen LogP contribution in [0.1, 0.15) is 26.3 Å². The molecule has 2 N–H and O–H groups in total. The molecule has 2 aromatic rings. The van der Waals surface area contributed by atoms with Gasteiger partial charge in [-0.1, -0.05) is 12.1 Å². The number of rotatable bonds is 7. The van der Waals surface area contributed by atoms with Crippen LogP contribution in [0.3, 0.4) is 0 Å². The van der Waals surface area contributed by atoms with Crippen LogP contribution in [0.15, 0.2) is 48.5 Å². The molecular weight excluding hydrogens is 454 g/mol. The standard InChI is InChI=1S/C21H21N3O8S/c1-30-20(26)17-6-4-3-5-16(17)19(25)23-18(22)13-7-9-14(10-8-13)24-11-15(32-21(24)27)12-31-33(2,28)29/h3-10,15H,11-12H2,1-2H3,(H2,22,23,25). The number of amidine groups is 1. The predicted octanol–water partition coefficient (Wildman–Crippen LogP) is 1.53. The molecule has 1 saturated heterocycles. The molecule has 1 aliphatic heterocycles. The van der Waals surface area contributed by atoms with Crippen LogP contribution in [0.25, 0.3) is 0 Å². The molecule has 0 aliphatic carbocycles. The number of benzene rings is 2. The van der Waals surface area contributed by atoms with E-state index in [1.165, 1.54) is 36.3 Å². The molecule has 2 amide bonds. The first kappa shape index (κ1) is 23.9. The summed E-state index contributed by atoms with van der Waals surface area (Å²) in [5.74, 6) is -1.54. The van der Waals surface area contributed by atoms with E-state index in [0.29, 0.717) is 11.3 Å². The third-order valence-corrected chi connectivity index (χ3v) is 5.19. The zero-order valence-electron chi connectivity index (χ0n) is 17.7. The Bertz CT molecular complexity index is 1190. The number of nitrogens with one attached hydrogen (secondary N) is 2. The number of methoxy groups -OCH3 is 1. The molecule has 0 saturated carbocycles. The molecule has 0 spiro atoms. The highest BCUT2D eigenvalue weighted by Gasteiger charge is 2.33. The highest BCUT2D eigenvalue weighted by molar-refractivity contribution is 7.85. The fourth-order valence-electron chi connectivity index (χ4n) is 3.05. The van der Waals surface area contributed by atoms with Crippen molar-refractivity contribution < 1.29 is 36.5 Å². The molecule has 1 aliphatic rings. The van der Waals surface area contributed by atoms with E-state index in [2.05, 4.69) is 14.2 Å². The Balaban J connectivity index is 1.66. The van der Waals surface area contributed by atoms with Crippen LogP contribution in [0, 0.1) is 5.41 Å². The normalized spacial score (nSPS) is 15.6. The Kier molecular flexibility index (Phi) is 7.09. The van der Waals surface area contributed by atoms with Gasteiger partial charge in [-0.25, -0.2) is 9.59 Å². The number of esters is 1. The third-order valence-electron chi connectivity index (χ3n) is 4.63. The van der Waals surface area contributed by atoms with Crippen LogP contribution >= 0.6 is 0 Å². The maximum absolute atomic E-state index is 12.6. The zero-order valence-corrected chi connectivity index (χ0v) is 18.5. The van der Waals surface area contributed by atoms with E-state index in [0.717, 1.165) is 6.26 Å². The number of nitrogens with zero attached hydrogens (tertiary/aromatic N) is 1. The maximum Gasteiger partial charge on any atom is 0.414 e. The summed E-state index contributed by atoms with van der Waals surface area (Å²) in [7, 11) is -2.45. The molecule has 1 heterocycles. The molecule has 1 unspecified atom stereocenters. The lowest BCUT2D eigenvalue weighted by Gasteiger charge is -2.14. The van der Waals surface area contributed by atoms with Crippen molar-refractivity contribution in [3.63, 3.8) is 0 Å². The Morgan fingerprint density at radius 2 is 1.79 bits per heavy atom. The topological polar surface area (TPSA) is 152 Å². The summed E-state index contributed by atoms with van der Waals surface area (Å²) in [6.07, 6.45) is -0.505. The molecule has 1 fully saturated rings. The van der Waals surface area contributed by atoms with Gasteiger partial charge in [0, 0.05) is 11.3 Å². The number of hydrogen-bond acceptors (Lipinski definition) is 9. The fraction of sp³-hybridized carbons (Fsp3) is 0.238. The number of hydrogen-bond donors (Lipinski definition) is 2. The Hall–Kier alpha value is -3.77. The first-order valence-electron chi connectivity index (χ1n) is 9.59. The molecule has 174 valence electrons. The number of carbonyl (C=O) groups is 3. The van der Waals surface area contributed by atoms with Crippen LogP contribution in [0.4, 0.5) is 10.5 Å². The van der Waals surface area contributed by atoms with Crippen molar-refractivity contribution in [2.45, 2.75) is 6.10 Å². The summed E-state index contributed by atoms with van der Waals surface area (Å²) in [5, 5.41) is 10.6. The molecule has 1 atom stereocenters. The first-order chi connectivity index (χ1) is 15.6. The summed E-state index contributed by atoms with van der Waals surface area (Å²) in [5.41, 5.74) is 0.948. The summed E-state index contributed by atoms with van der Waals surface area (Å²) < 4.78 is 36.7. The second-order valence-electron chi connectivity index (χ2n) is 7.02. The van der Waals surface area contributed by atoms with Gasteiger partial charge in [0.15, 0.2) is 0 Å². The van der Waals surface area contributed by atoms with Gasteiger partial charge in [0.2, 0.25) is 0 Å². The van der Waals surface area contributed by atoms with Crippen LogP contribution in [0.2, 0.25) is 0 Å². The van der Waals surface area contributed by atoms with Gasteiger partial charge in [-0.2, -0.15) is 8.42 Å². The van der Waals surface area contributed by atoms with E-state index in [1.54, 1.807) is 24.3 Å². The van der Waals surface area contributed by atoms with E-state index < -0.39 is 34.2 Å². The van der Waals surface area contributed by atoms with Gasteiger partial charge >= 0.3 is 12.1 Å². The second-order valence-corrected chi connectivity index (χ2v) is 8.66. The Labute approximate surface area is 189 Å². The summed E-state index contributed by atoms with van der Waals surface area (Å²) in [6, 6.07) is 12.2. The predicted molar refractivity (Wildman–Crippen MR) is 117 cm³/mol. The van der Waals surface area contributed by atoms with Gasteiger partial charge in [-0.05, 0) is 36.4 Å². The van der Waals surface area contributed by atoms with E-state index in [1.807, 2.05) is 0 Å². The molecule has 3 rings (SSSR count). The van der Waals surface area contributed by atoms with Crippen molar-refractivity contribution in [2.75, 3.05) is 31.4 Å². The van der Waals surface area contributed by atoms with E-state index in [4.69, 9.17) is 10.1 Å². The lowest BCUT2D eigenvalue weighted by Crippen LogP contribution is -2.32. The van der Waals surface area contributed by atoms with Gasteiger partial charge in [0.05, 0.1) is 31.0 Å². The van der Waals surface area contributed by atoms with Crippen molar-refractivity contribution in [3.8, 4) is 0 Å². The zero-order chi connectivity index (χ0) is 24.2. The second kappa shape index (κ2) is 9.79. The average molecular weight is 475 g/mol. The van der Waals surface area contributed by atoms with Gasteiger partial charge in [0.1, 0.15) is 18.5 Å². The van der Waals surface area contributed by atoms with E-state index >= 15 is 0 Å². The highest BCUT2D eigenvalue weighted by Crippen LogP contribution is 2.22. The summed E-state index contributed by atoms with van der Waals surface area (Å²) in [4.78, 5) is 37.8. The average Bonchev–Trinajstić information content (AvgIpc) is 3.17. The third kappa shape index (κ3) is 5.93. The van der Waals surface area contributed by atoms with Crippen LogP contribution in [0.5, 0.6) is 0 Å². The van der Waals surface area contributed by atoms with Crippen molar-refractivity contribution in [2.24, 2.45) is 0 Å². The molecule has 33 heavy (non-hydrogen) atoms. The summed E-state index contributed by atoms with van der Waals surface area (Å²) >= 11 is 0. The minimum Gasteiger partial charge on any atom is -0.465 e. The smallest absolute Gasteiger partial charge is 0.414 e. The van der Waals surface area contributed by atoms with Gasteiger partial charge < -0.3 is 14.8 Å². The Morgan fingerprint density at radius 3 is 2.39 bits per heavy atom. The molecule has 0 radical (unpaired) electrons. The first-order valence-corrected chi connectivity index (χ1v) is 11.4. The molecule has 2 aromatic carbocycles. The van der Waals surface area contributed by atoms with Crippen LogP contribution in [-0.4, -0.2) is 64.8 Å². The quantitative estimate of drug-likeness (QED) is 0.265. The number of anilines is 1. The lowest BCUT2D eigenvalue weighted by molar-refractivity contribution is 0.0596. The minimum atomic E-state index is -3.66. The van der Waals surface area contributed by atoms with Gasteiger partial charge in [0.25, 0.3) is 16.0 Å². The number of amides is 2. The van der Waals surface area contributed by atoms with Crippen molar-refractivity contribution in [1.29, 1.82) is 5.41 Å². The number of carbonyl (C=O) groups excluding carboxylic acids is 3. The fourth-order valence-corrected chi connectivity index (χ4v) is 3.45. The largest absolute Gasteiger partial charge is 0.465 e. The molecule has 12 heteroatoms. The SMILES string of the molecule is COC(=O)c1ccccc1C(=O)NC(=N)c1ccc(N2CC(COS(C)(=O)=O)OC2=O)cc1. The minimum absolute atomic E-state index is 0.0629. The molecule has 0 bridgehead atoms. The highest BCUT2D eigenvalue weighted by atomic mass is 32.2. The molecule has 0 aromatic heterocycles. The molecule has 11 nitrogen and oxygen atoms in total. The van der Waals surface area contributed by atoms with Gasteiger partial charge in [-0.3, -0.25) is 19.3 Å². The van der Waals surface area contributed by atoms with Crippen molar-refractivity contribution in [1.82, 2.24) is 5.32 Å². The van der Waals surface area contributed by atoms with Gasteiger partial charge in [-0.15, -0.1) is 0 Å². The van der Waals surface area contributed by atoms with Crippen molar-refractivity contribution in [3.05, 3.63) is 65.2 Å². The van der Waals surface area contributed by atoms with Crippen molar-refractivity contribution >= 4 is 39.6 Å². The molecular formula is C21H21N3O8S. The van der Waals surface area contributed by atoms with Crippen LogP contribution in [-0.2, 0) is 23.8 Å². The number of cyclic esters (lactones) is 1. The summed E-state index contributed by atoms with van der Waals surface area (Å²) in [6.45, 7) is -0.199. The van der Waals surface area contributed by atoms with Crippen LogP contribution < -0.4 is 10.2 Å². The number of ether oxygens (including phenoxy) is 2.